The first-order valence-corrected chi connectivity index (χ1v) is 22.2. The van der Waals surface area contributed by atoms with Crippen LogP contribution < -0.4 is 0 Å². The highest BCUT2D eigenvalue weighted by atomic mass is 16.3. The number of aromatic nitrogens is 3. The average Bonchev–Trinajstić information content (AvgIpc) is 3.91. The molecular formula is C57H53N3O. The molecule has 1 unspecified atom stereocenters. The number of nitrogens with zero attached hydrogens (tertiary/aromatic N) is 3. The summed E-state index contributed by atoms with van der Waals surface area (Å²) in [4.78, 5) is 11.2. The summed E-state index contributed by atoms with van der Waals surface area (Å²) in [6.07, 6.45) is 4.97. The largest absolute Gasteiger partial charge is 0.454 e. The van der Waals surface area contributed by atoms with Crippen LogP contribution in [0.25, 0.3) is 71.8 Å². The SMILES string of the molecule is Cc1cccc(C)c1C(c1cc(C(C)(C)C)cc(-c2ccccc2)n1)c1cccc(-c2cccc3oc4c5cc(C6CCC(C)(C)CC6)cc6c7ccccc7n(c65)c4c23)n1. The van der Waals surface area contributed by atoms with Gasteiger partial charge in [-0.3, -0.25) is 9.97 Å². The maximum absolute atomic E-state index is 7.02. The number of para-hydroxylation sites is 1. The van der Waals surface area contributed by atoms with Gasteiger partial charge in [0.2, 0.25) is 0 Å². The minimum absolute atomic E-state index is 0.0845. The summed E-state index contributed by atoms with van der Waals surface area (Å²) in [5, 5.41) is 4.93. The number of fused-ring (bicyclic) bond motifs is 8. The first-order valence-electron chi connectivity index (χ1n) is 22.2. The van der Waals surface area contributed by atoms with Crippen LogP contribution >= 0.6 is 0 Å². The highest BCUT2D eigenvalue weighted by molar-refractivity contribution is 6.27. The fraction of sp³-hybridized carbons (Fsp3) is 0.263. The van der Waals surface area contributed by atoms with E-state index in [0.717, 1.165) is 56.0 Å². The van der Waals surface area contributed by atoms with E-state index in [1.165, 1.54) is 80.7 Å². The Balaban J connectivity index is 1.14. The van der Waals surface area contributed by atoms with E-state index in [1.54, 1.807) is 0 Å². The van der Waals surface area contributed by atoms with Crippen LogP contribution in [0, 0.1) is 19.3 Å². The second-order valence-electron chi connectivity index (χ2n) is 19.7. The van der Waals surface area contributed by atoms with E-state index >= 15 is 0 Å². The Morgan fingerprint density at radius 2 is 1.34 bits per heavy atom. The van der Waals surface area contributed by atoms with Crippen LogP contribution in [0.4, 0.5) is 0 Å². The van der Waals surface area contributed by atoms with Crippen LogP contribution in [-0.4, -0.2) is 14.4 Å². The predicted octanol–water partition coefficient (Wildman–Crippen LogP) is 15.5. The van der Waals surface area contributed by atoms with Crippen LogP contribution in [0.2, 0.25) is 0 Å². The zero-order valence-corrected chi connectivity index (χ0v) is 36.4. The molecule has 4 nitrogen and oxygen atoms in total. The Morgan fingerprint density at radius 3 is 2.11 bits per heavy atom. The van der Waals surface area contributed by atoms with E-state index < -0.39 is 0 Å². The molecule has 61 heavy (non-hydrogen) atoms. The lowest BCUT2D eigenvalue weighted by Gasteiger charge is -2.34. The van der Waals surface area contributed by atoms with Crippen molar-refractivity contribution in [1.82, 2.24) is 14.4 Å². The molecule has 0 amide bonds. The molecule has 0 saturated heterocycles. The van der Waals surface area contributed by atoms with E-state index in [2.05, 4.69) is 186 Å². The Kier molecular flexibility index (Phi) is 8.59. The van der Waals surface area contributed by atoms with Crippen LogP contribution in [0.15, 0.2) is 138 Å². The van der Waals surface area contributed by atoms with Crippen molar-refractivity contribution in [3.8, 4) is 22.5 Å². The molecule has 4 heteroatoms. The number of hydrogen-bond acceptors (Lipinski definition) is 3. The zero-order valence-electron chi connectivity index (χ0n) is 36.4. The van der Waals surface area contributed by atoms with Gasteiger partial charge in [0.25, 0.3) is 0 Å². The number of hydrogen-bond donors (Lipinski definition) is 0. The van der Waals surface area contributed by atoms with Gasteiger partial charge in [-0.2, -0.15) is 0 Å². The predicted molar refractivity (Wildman–Crippen MR) is 254 cm³/mol. The third-order valence-electron chi connectivity index (χ3n) is 14.0. The van der Waals surface area contributed by atoms with Crippen LogP contribution in [0.5, 0.6) is 0 Å². The van der Waals surface area contributed by atoms with Crippen molar-refractivity contribution < 1.29 is 4.42 Å². The maximum Gasteiger partial charge on any atom is 0.161 e. The lowest BCUT2D eigenvalue weighted by atomic mass is 9.71. The molecule has 1 aliphatic rings. The summed E-state index contributed by atoms with van der Waals surface area (Å²) in [5.74, 6) is 0.361. The molecule has 5 heterocycles. The second kappa shape index (κ2) is 13.9. The molecule has 302 valence electrons. The number of pyridine rings is 2. The lowest BCUT2D eigenvalue weighted by Crippen LogP contribution is -2.20. The number of aryl methyl sites for hydroxylation is 2. The van der Waals surface area contributed by atoms with Gasteiger partial charge in [0, 0.05) is 27.3 Å². The number of furan rings is 1. The van der Waals surface area contributed by atoms with Gasteiger partial charge in [0.15, 0.2) is 5.58 Å². The Morgan fingerprint density at radius 1 is 0.656 bits per heavy atom. The molecule has 0 spiro atoms. The molecule has 0 N–H and O–H groups in total. The van der Waals surface area contributed by atoms with Crippen LogP contribution in [0.1, 0.15) is 111 Å². The van der Waals surface area contributed by atoms with E-state index in [1.807, 2.05) is 0 Å². The molecular weight excluding hydrogens is 743 g/mol. The highest BCUT2D eigenvalue weighted by Crippen LogP contribution is 2.49. The fourth-order valence-corrected chi connectivity index (χ4v) is 10.6. The van der Waals surface area contributed by atoms with Crippen LogP contribution in [-0.2, 0) is 5.41 Å². The standard InChI is InChI=1S/C57H53N3O/c1-34-16-13-17-35(2)50(34)52(47-33-39(56(3,4)5)32-46(59-47)37-18-9-8-10-19-37)45-23-15-22-44(58-45)41-21-14-25-49-51(41)54-55(61-49)43-31-38(36-26-28-57(6,7)29-27-36)30-42-40-20-11-12-24-48(40)60(54)53(42)43/h8-25,30-33,36,52H,26-29H2,1-7H3. The minimum Gasteiger partial charge on any atom is -0.454 e. The molecule has 10 aromatic rings. The third kappa shape index (κ3) is 6.17. The molecule has 0 aliphatic heterocycles. The van der Waals surface area contributed by atoms with Crippen molar-refractivity contribution in [3.63, 3.8) is 0 Å². The molecule has 0 bridgehead atoms. The monoisotopic (exact) mass is 795 g/mol. The highest BCUT2D eigenvalue weighted by Gasteiger charge is 2.31. The van der Waals surface area contributed by atoms with Crippen molar-refractivity contribution in [2.75, 3.05) is 0 Å². The van der Waals surface area contributed by atoms with Gasteiger partial charge in [-0.25, -0.2) is 0 Å². The summed E-state index contributed by atoms with van der Waals surface area (Å²) in [5.41, 5.74) is 18.2. The quantitative estimate of drug-likeness (QED) is 0.168. The van der Waals surface area contributed by atoms with Crippen molar-refractivity contribution in [2.24, 2.45) is 5.41 Å². The van der Waals surface area contributed by atoms with Gasteiger partial charge >= 0.3 is 0 Å². The van der Waals surface area contributed by atoms with Crippen molar-refractivity contribution in [2.45, 2.75) is 91.4 Å². The average molecular weight is 796 g/mol. The van der Waals surface area contributed by atoms with E-state index in [9.17, 15) is 0 Å². The van der Waals surface area contributed by atoms with Gasteiger partial charge in [0.1, 0.15) is 11.1 Å². The van der Waals surface area contributed by atoms with E-state index in [0.29, 0.717) is 11.3 Å². The van der Waals surface area contributed by atoms with Crippen molar-refractivity contribution in [1.29, 1.82) is 0 Å². The Hall–Kier alpha value is -6.26. The first kappa shape index (κ1) is 37.7. The molecule has 11 rings (SSSR count). The van der Waals surface area contributed by atoms with Gasteiger partial charge in [-0.05, 0) is 133 Å². The summed E-state index contributed by atoms with van der Waals surface area (Å²) in [6.45, 7) is 16.2. The summed E-state index contributed by atoms with van der Waals surface area (Å²) in [6, 6.07) is 48.7. The Bertz CT molecular complexity index is 3270. The van der Waals surface area contributed by atoms with E-state index in [-0.39, 0.29) is 11.3 Å². The minimum atomic E-state index is -0.193. The fourth-order valence-electron chi connectivity index (χ4n) is 10.6. The van der Waals surface area contributed by atoms with Crippen molar-refractivity contribution in [3.05, 3.63) is 173 Å². The number of benzene rings is 5. The number of rotatable bonds is 6. The second-order valence-corrected chi connectivity index (χ2v) is 19.7. The molecule has 5 aromatic carbocycles. The van der Waals surface area contributed by atoms with Gasteiger partial charge < -0.3 is 8.82 Å². The first-order chi connectivity index (χ1) is 29.4. The molecule has 1 fully saturated rings. The van der Waals surface area contributed by atoms with E-state index in [4.69, 9.17) is 14.4 Å². The summed E-state index contributed by atoms with van der Waals surface area (Å²) >= 11 is 0. The maximum atomic E-state index is 7.02. The van der Waals surface area contributed by atoms with Crippen LogP contribution in [0.3, 0.4) is 0 Å². The van der Waals surface area contributed by atoms with Gasteiger partial charge in [-0.1, -0.05) is 120 Å². The van der Waals surface area contributed by atoms with Gasteiger partial charge in [-0.15, -0.1) is 0 Å². The normalized spacial score (nSPS) is 15.5. The summed E-state index contributed by atoms with van der Waals surface area (Å²) in [7, 11) is 0. The van der Waals surface area contributed by atoms with Crippen molar-refractivity contribution >= 4 is 49.3 Å². The third-order valence-corrected chi connectivity index (χ3v) is 14.0. The summed E-state index contributed by atoms with van der Waals surface area (Å²) < 4.78 is 9.50. The smallest absolute Gasteiger partial charge is 0.161 e. The molecule has 5 aromatic heterocycles. The molecule has 1 aliphatic carbocycles. The Labute approximate surface area is 358 Å². The lowest BCUT2D eigenvalue weighted by molar-refractivity contribution is 0.224. The molecule has 1 atom stereocenters. The molecule has 0 radical (unpaired) electrons. The topological polar surface area (TPSA) is 43.3 Å². The zero-order chi connectivity index (χ0) is 41.8. The molecule has 1 saturated carbocycles. The van der Waals surface area contributed by atoms with Gasteiger partial charge in [0.05, 0.1) is 45.1 Å².